The van der Waals surface area contributed by atoms with Crippen molar-refractivity contribution in [2.75, 3.05) is 20.3 Å². The van der Waals surface area contributed by atoms with Crippen molar-refractivity contribution in [3.8, 4) is 5.75 Å². The number of hydrogen-bond donors (Lipinski definition) is 2. The summed E-state index contributed by atoms with van der Waals surface area (Å²) >= 11 is 0. The molecule has 0 aliphatic carbocycles. The number of rotatable bonds is 9. The molecule has 0 spiro atoms. The Kier molecular flexibility index (Phi) is 7.17. The first-order valence-electron chi connectivity index (χ1n) is 6.44. The van der Waals surface area contributed by atoms with E-state index in [0.717, 1.165) is 0 Å². The first-order valence-corrected chi connectivity index (χ1v) is 6.44. The number of ether oxygens (including phenoxy) is 2. The van der Waals surface area contributed by atoms with Gasteiger partial charge in [-0.3, -0.25) is 4.79 Å². The SMILES string of the molecule is COC(CNC(=O)CCCOc1ccccc1F)C(=O)O. The van der Waals surface area contributed by atoms with Crippen molar-refractivity contribution in [3.05, 3.63) is 30.1 Å². The Morgan fingerprint density at radius 2 is 2.10 bits per heavy atom. The third-order valence-electron chi connectivity index (χ3n) is 2.69. The van der Waals surface area contributed by atoms with E-state index in [4.69, 9.17) is 9.84 Å². The fourth-order valence-electron chi connectivity index (χ4n) is 1.54. The van der Waals surface area contributed by atoms with E-state index < -0.39 is 17.9 Å². The number of para-hydroxylation sites is 1. The number of carboxylic acids is 1. The van der Waals surface area contributed by atoms with E-state index in [-0.39, 0.29) is 31.2 Å². The molecule has 0 aliphatic rings. The molecule has 0 saturated carbocycles. The minimum absolute atomic E-state index is 0.0984. The molecule has 1 amide bonds. The van der Waals surface area contributed by atoms with Crippen LogP contribution in [-0.2, 0) is 14.3 Å². The molecule has 1 unspecified atom stereocenters. The van der Waals surface area contributed by atoms with Crippen LogP contribution in [0.3, 0.4) is 0 Å². The highest BCUT2D eigenvalue weighted by atomic mass is 19.1. The standard InChI is InChI=1S/C14H18FNO5/c1-20-12(14(18)19)9-16-13(17)7-4-8-21-11-6-3-2-5-10(11)15/h2-3,5-6,12H,4,7-9H2,1H3,(H,16,17)(H,18,19). The second kappa shape index (κ2) is 8.91. The van der Waals surface area contributed by atoms with Gasteiger partial charge in [-0.15, -0.1) is 0 Å². The molecule has 1 aromatic rings. The predicted octanol–water partition coefficient (Wildman–Crippen LogP) is 1.20. The maximum atomic E-state index is 13.2. The summed E-state index contributed by atoms with van der Waals surface area (Å²) in [5.74, 6) is -1.76. The maximum absolute atomic E-state index is 13.2. The van der Waals surface area contributed by atoms with Gasteiger partial charge in [0.1, 0.15) is 0 Å². The molecule has 0 heterocycles. The number of carbonyl (C=O) groups is 2. The molecular weight excluding hydrogens is 281 g/mol. The van der Waals surface area contributed by atoms with Crippen LogP contribution in [0.15, 0.2) is 24.3 Å². The van der Waals surface area contributed by atoms with E-state index >= 15 is 0 Å². The van der Waals surface area contributed by atoms with Crippen LogP contribution in [0.5, 0.6) is 5.75 Å². The Morgan fingerprint density at radius 1 is 1.38 bits per heavy atom. The fraction of sp³-hybridized carbons (Fsp3) is 0.429. The zero-order valence-corrected chi connectivity index (χ0v) is 11.7. The van der Waals surface area contributed by atoms with Crippen molar-refractivity contribution in [3.63, 3.8) is 0 Å². The van der Waals surface area contributed by atoms with Crippen molar-refractivity contribution >= 4 is 11.9 Å². The Hall–Kier alpha value is -2.15. The summed E-state index contributed by atoms with van der Waals surface area (Å²) in [6.07, 6.45) is -0.515. The van der Waals surface area contributed by atoms with Crippen LogP contribution in [-0.4, -0.2) is 43.3 Å². The summed E-state index contributed by atoms with van der Waals surface area (Å²) in [5, 5.41) is 11.2. The lowest BCUT2D eigenvalue weighted by Crippen LogP contribution is -2.37. The molecule has 0 radical (unpaired) electrons. The van der Waals surface area contributed by atoms with Gasteiger partial charge in [0.2, 0.25) is 5.91 Å². The minimum atomic E-state index is -1.14. The van der Waals surface area contributed by atoms with Crippen LogP contribution in [0.1, 0.15) is 12.8 Å². The van der Waals surface area contributed by atoms with Gasteiger partial charge in [0, 0.05) is 13.5 Å². The van der Waals surface area contributed by atoms with Crippen molar-refractivity contribution in [2.24, 2.45) is 0 Å². The van der Waals surface area contributed by atoms with Gasteiger partial charge in [-0.1, -0.05) is 12.1 Å². The monoisotopic (exact) mass is 299 g/mol. The number of benzene rings is 1. The zero-order chi connectivity index (χ0) is 15.7. The number of aliphatic carboxylic acids is 1. The molecule has 7 heteroatoms. The van der Waals surface area contributed by atoms with Gasteiger partial charge in [-0.05, 0) is 18.6 Å². The van der Waals surface area contributed by atoms with E-state index in [1.807, 2.05) is 0 Å². The quantitative estimate of drug-likeness (QED) is 0.669. The van der Waals surface area contributed by atoms with Crippen LogP contribution in [0.4, 0.5) is 4.39 Å². The minimum Gasteiger partial charge on any atom is -0.491 e. The molecule has 1 aromatic carbocycles. The average Bonchev–Trinajstić information content (AvgIpc) is 2.45. The first-order chi connectivity index (χ1) is 10.0. The molecule has 6 nitrogen and oxygen atoms in total. The van der Waals surface area contributed by atoms with Crippen LogP contribution >= 0.6 is 0 Å². The summed E-state index contributed by atoms with van der Waals surface area (Å²) < 4.78 is 23.1. The number of nitrogens with one attached hydrogen (secondary N) is 1. The number of methoxy groups -OCH3 is 1. The molecule has 1 rings (SSSR count). The van der Waals surface area contributed by atoms with Gasteiger partial charge in [-0.25, -0.2) is 9.18 Å². The number of hydrogen-bond acceptors (Lipinski definition) is 4. The maximum Gasteiger partial charge on any atom is 0.334 e. The van der Waals surface area contributed by atoms with E-state index in [1.54, 1.807) is 12.1 Å². The summed E-state index contributed by atoms with van der Waals surface area (Å²) in [5.41, 5.74) is 0. The summed E-state index contributed by atoms with van der Waals surface area (Å²) in [7, 11) is 1.26. The topological polar surface area (TPSA) is 84.9 Å². The van der Waals surface area contributed by atoms with E-state index in [2.05, 4.69) is 10.1 Å². The number of carboxylic acid groups (broad SMARTS) is 1. The number of carbonyl (C=O) groups excluding carboxylic acids is 1. The highest BCUT2D eigenvalue weighted by Crippen LogP contribution is 2.15. The molecule has 2 N–H and O–H groups in total. The number of halogens is 1. The van der Waals surface area contributed by atoms with Gasteiger partial charge in [0.25, 0.3) is 0 Å². The molecule has 21 heavy (non-hydrogen) atoms. The molecule has 0 fully saturated rings. The lowest BCUT2D eigenvalue weighted by molar-refractivity contribution is -0.148. The van der Waals surface area contributed by atoms with Crippen LogP contribution in [0.2, 0.25) is 0 Å². The van der Waals surface area contributed by atoms with Gasteiger partial charge in [0.05, 0.1) is 13.2 Å². The number of amides is 1. The van der Waals surface area contributed by atoms with E-state index in [9.17, 15) is 14.0 Å². The highest BCUT2D eigenvalue weighted by Gasteiger charge is 2.16. The second-order valence-electron chi connectivity index (χ2n) is 4.25. The summed E-state index contributed by atoms with van der Waals surface area (Å²) in [4.78, 5) is 22.1. The summed E-state index contributed by atoms with van der Waals surface area (Å²) in [6.45, 7) is 0.0971. The van der Waals surface area contributed by atoms with Gasteiger partial charge in [0.15, 0.2) is 17.7 Å². The molecule has 116 valence electrons. The smallest absolute Gasteiger partial charge is 0.334 e. The normalized spacial score (nSPS) is 11.7. The van der Waals surface area contributed by atoms with Crippen LogP contribution in [0, 0.1) is 5.82 Å². The molecule has 0 saturated heterocycles. The molecule has 0 bridgehead atoms. The van der Waals surface area contributed by atoms with Crippen molar-refractivity contribution in [1.29, 1.82) is 0 Å². The first kappa shape index (κ1) is 16.9. The van der Waals surface area contributed by atoms with Gasteiger partial charge >= 0.3 is 5.97 Å². The third kappa shape index (κ3) is 6.22. The van der Waals surface area contributed by atoms with E-state index in [1.165, 1.54) is 19.2 Å². The van der Waals surface area contributed by atoms with Crippen molar-refractivity contribution in [1.82, 2.24) is 5.32 Å². The van der Waals surface area contributed by atoms with E-state index in [0.29, 0.717) is 6.42 Å². The Balaban J connectivity index is 2.19. The molecule has 0 aromatic heterocycles. The lowest BCUT2D eigenvalue weighted by atomic mass is 10.3. The van der Waals surface area contributed by atoms with Crippen LogP contribution in [0.25, 0.3) is 0 Å². The van der Waals surface area contributed by atoms with Crippen molar-refractivity contribution < 1.29 is 28.6 Å². The predicted molar refractivity (Wildman–Crippen MR) is 72.6 cm³/mol. The lowest BCUT2D eigenvalue weighted by Gasteiger charge is -2.11. The average molecular weight is 299 g/mol. The second-order valence-corrected chi connectivity index (χ2v) is 4.25. The Morgan fingerprint density at radius 3 is 2.71 bits per heavy atom. The largest absolute Gasteiger partial charge is 0.491 e. The van der Waals surface area contributed by atoms with Gasteiger partial charge in [-0.2, -0.15) is 0 Å². The van der Waals surface area contributed by atoms with Crippen LogP contribution < -0.4 is 10.1 Å². The van der Waals surface area contributed by atoms with Crippen molar-refractivity contribution in [2.45, 2.75) is 18.9 Å². The zero-order valence-electron chi connectivity index (χ0n) is 11.7. The third-order valence-corrected chi connectivity index (χ3v) is 2.69. The molecule has 0 aliphatic heterocycles. The highest BCUT2D eigenvalue weighted by molar-refractivity contribution is 5.78. The molecule has 1 atom stereocenters. The Labute approximate surface area is 121 Å². The van der Waals surface area contributed by atoms with Gasteiger partial charge < -0.3 is 19.9 Å². The summed E-state index contributed by atoms with van der Waals surface area (Å²) in [6, 6.07) is 6.01. The molecular formula is C14H18FNO5. The fourth-order valence-corrected chi connectivity index (χ4v) is 1.54. The Bertz CT molecular complexity index is 480.